The van der Waals surface area contributed by atoms with Crippen LogP contribution in [0.15, 0.2) is 42.6 Å². The number of thiol groups is 1. The third-order valence-electron chi connectivity index (χ3n) is 2.51. The molecule has 0 fully saturated rings. The molecule has 0 spiro atoms. The molecule has 0 aliphatic carbocycles. The van der Waals surface area contributed by atoms with E-state index in [0.29, 0.717) is 29.0 Å². The molecule has 0 N–H and O–H groups in total. The van der Waals surface area contributed by atoms with Crippen LogP contribution in [0, 0.1) is 10.1 Å². The van der Waals surface area contributed by atoms with Crippen molar-refractivity contribution in [3.63, 3.8) is 0 Å². The summed E-state index contributed by atoms with van der Waals surface area (Å²) in [6.07, 6.45) is 5.24. The molecule has 0 aliphatic rings. The summed E-state index contributed by atoms with van der Waals surface area (Å²) in [7, 11) is 0. The van der Waals surface area contributed by atoms with Gasteiger partial charge in [-0.2, -0.15) is 12.6 Å². The first kappa shape index (κ1) is 13.4. The Morgan fingerprint density at radius 3 is 2.95 bits per heavy atom. The van der Waals surface area contributed by atoms with E-state index in [4.69, 9.17) is 4.74 Å². The zero-order chi connectivity index (χ0) is 13.7. The van der Waals surface area contributed by atoms with E-state index < -0.39 is 4.92 Å². The lowest BCUT2D eigenvalue weighted by molar-refractivity contribution is -0.383. The highest BCUT2D eigenvalue weighted by Gasteiger charge is 2.15. The first-order valence-electron chi connectivity index (χ1n) is 5.65. The second-order valence-electron chi connectivity index (χ2n) is 3.70. The van der Waals surface area contributed by atoms with E-state index in [0.717, 1.165) is 0 Å². The highest BCUT2D eigenvalue weighted by Crippen LogP contribution is 2.31. The van der Waals surface area contributed by atoms with Gasteiger partial charge in [-0.1, -0.05) is 12.2 Å². The van der Waals surface area contributed by atoms with Crippen LogP contribution in [0.25, 0.3) is 10.9 Å². The Kier molecular flexibility index (Phi) is 4.35. The van der Waals surface area contributed by atoms with Crippen LogP contribution < -0.4 is 4.74 Å². The number of pyridine rings is 1. The van der Waals surface area contributed by atoms with Crippen LogP contribution in [-0.4, -0.2) is 22.3 Å². The van der Waals surface area contributed by atoms with Crippen LogP contribution in [-0.2, 0) is 0 Å². The zero-order valence-electron chi connectivity index (χ0n) is 10.0. The van der Waals surface area contributed by atoms with E-state index in [1.165, 1.54) is 12.3 Å². The van der Waals surface area contributed by atoms with Crippen LogP contribution in [0.1, 0.15) is 0 Å². The molecule has 0 atom stereocenters. The minimum Gasteiger partial charge on any atom is -0.489 e. The molecule has 0 saturated carbocycles. The average molecular weight is 276 g/mol. The van der Waals surface area contributed by atoms with Gasteiger partial charge in [0.05, 0.1) is 4.92 Å². The molecular formula is C13H12N2O3S. The minimum absolute atomic E-state index is 0.0196. The topological polar surface area (TPSA) is 65.3 Å². The van der Waals surface area contributed by atoms with Gasteiger partial charge in [-0.3, -0.25) is 10.1 Å². The summed E-state index contributed by atoms with van der Waals surface area (Å²) in [5.41, 5.74) is 0.317. The Morgan fingerprint density at radius 1 is 1.37 bits per heavy atom. The minimum atomic E-state index is -0.445. The quantitative estimate of drug-likeness (QED) is 0.394. The molecule has 1 aromatic carbocycles. The fourth-order valence-corrected chi connectivity index (χ4v) is 1.83. The van der Waals surface area contributed by atoms with E-state index >= 15 is 0 Å². The van der Waals surface area contributed by atoms with Crippen molar-refractivity contribution in [2.24, 2.45) is 0 Å². The maximum atomic E-state index is 10.9. The standard InChI is InChI=1S/C13H12N2O3S/c16-15(17)11-5-6-12(18-8-1-2-9-19)10-4-3-7-14-13(10)11/h1-7,19H,8-9H2/b2-1+. The maximum Gasteiger partial charge on any atom is 0.295 e. The Labute approximate surface area is 115 Å². The number of rotatable bonds is 5. The van der Waals surface area contributed by atoms with Crippen molar-refractivity contribution >= 4 is 29.2 Å². The van der Waals surface area contributed by atoms with E-state index in [2.05, 4.69) is 17.6 Å². The number of aromatic nitrogens is 1. The Hall–Kier alpha value is -2.08. The number of hydrogen-bond acceptors (Lipinski definition) is 5. The summed E-state index contributed by atoms with van der Waals surface area (Å²) in [6.45, 7) is 0.391. The number of ether oxygens (including phenoxy) is 1. The highest BCUT2D eigenvalue weighted by molar-refractivity contribution is 7.80. The molecule has 6 heteroatoms. The molecule has 0 radical (unpaired) electrons. The average Bonchev–Trinajstić information content (AvgIpc) is 2.43. The fraction of sp³-hybridized carbons (Fsp3) is 0.154. The smallest absolute Gasteiger partial charge is 0.295 e. The van der Waals surface area contributed by atoms with Crippen molar-refractivity contribution in [2.45, 2.75) is 0 Å². The molecule has 2 aromatic rings. The van der Waals surface area contributed by atoms with Crippen molar-refractivity contribution in [2.75, 3.05) is 12.4 Å². The third-order valence-corrected chi connectivity index (χ3v) is 2.72. The van der Waals surface area contributed by atoms with Crippen LogP contribution in [0.2, 0.25) is 0 Å². The second-order valence-corrected chi connectivity index (χ2v) is 4.07. The summed E-state index contributed by atoms with van der Waals surface area (Å²) in [5, 5.41) is 11.6. The summed E-state index contributed by atoms with van der Waals surface area (Å²) >= 11 is 4.05. The van der Waals surface area contributed by atoms with Gasteiger partial charge >= 0.3 is 0 Å². The van der Waals surface area contributed by atoms with Gasteiger partial charge in [0.2, 0.25) is 0 Å². The van der Waals surface area contributed by atoms with Gasteiger partial charge in [0, 0.05) is 23.4 Å². The number of nitro benzene ring substituents is 1. The van der Waals surface area contributed by atoms with Gasteiger partial charge in [-0.25, -0.2) is 4.98 Å². The number of benzene rings is 1. The van der Waals surface area contributed by atoms with Gasteiger partial charge in [-0.15, -0.1) is 0 Å². The van der Waals surface area contributed by atoms with Crippen LogP contribution in [0.4, 0.5) is 5.69 Å². The number of fused-ring (bicyclic) bond motifs is 1. The lowest BCUT2D eigenvalue weighted by Gasteiger charge is -2.07. The van der Waals surface area contributed by atoms with Crippen molar-refractivity contribution in [3.8, 4) is 5.75 Å². The molecule has 1 aromatic heterocycles. The SMILES string of the molecule is O=[N+]([O-])c1ccc(OC/C=C/CS)c2cccnc12. The van der Waals surface area contributed by atoms with E-state index in [1.54, 1.807) is 18.2 Å². The normalized spacial score (nSPS) is 11.0. The van der Waals surface area contributed by atoms with Crippen LogP contribution in [0.3, 0.4) is 0 Å². The fourth-order valence-electron chi connectivity index (χ4n) is 1.69. The molecule has 1 heterocycles. The molecule has 0 amide bonds. The molecule has 5 nitrogen and oxygen atoms in total. The number of hydrogen-bond donors (Lipinski definition) is 1. The summed E-state index contributed by atoms with van der Waals surface area (Å²) < 4.78 is 5.57. The van der Waals surface area contributed by atoms with Gasteiger partial charge in [0.1, 0.15) is 12.4 Å². The van der Waals surface area contributed by atoms with Crippen LogP contribution >= 0.6 is 12.6 Å². The predicted molar refractivity (Wildman–Crippen MR) is 76.9 cm³/mol. The summed E-state index contributed by atoms with van der Waals surface area (Å²) in [6, 6.07) is 6.49. The molecule has 0 saturated heterocycles. The lowest BCUT2D eigenvalue weighted by Crippen LogP contribution is -1.97. The highest BCUT2D eigenvalue weighted by atomic mass is 32.1. The lowest BCUT2D eigenvalue weighted by atomic mass is 10.1. The summed E-state index contributed by atoms with van der Waals surface area (Å²) in [4.78, 5) is 14.5. The Morgan fingerprint density at radius 2 is 2.21 bits per heavy atom. The van der Waals surface area contributed by atoms with Crippen molar-refractivity contribution < 1.29 is 9.66 Å². The van der Waals surface area contributed by atoms with E-state index in [-0.39, 0.29) is 5.69 Å². The van der Waals surface area contributed by atoms with Gasteiger partial charge < -0.3 is 4.74 Å². The van der Waals surface area contributed by atoms with E-state index in [1.807, 2.05) is 12.2 Å². The van der Waals surface area contributed by atoms with Crippen molar-refractivity contribution in [1.82, 2.24) is 4.98 Å². The molecule has 19 heavy (non-hydrogen) atoms. The van der Waals surface area contributed by atoms with Crippen molar-refractivity contribution in [1.29, 1.82) is 0 Å². The number of nitrogens with zero attached hydrogens (tertiary/aromatic N) is 2. The second kappa shape index (κ2) is 6.19. The van der Waals surface area contributed by atoms with Crippen molar-refractivity contribution in [3.05, 3.63) is 52.7 Å². The first-order valence-corrected chi connectivity index (χ1v) is 6.28. The van der Waals surface area contributed by atoms with Gasteiger partial charge in [0.15, 0.2) is 5.52 Å². The van der Waals surface area contributed by atoms with E-state index in [9.17, 15) is 10.1 Å². The molecule has 0 unspecified atom stereocenters. The first-order chi connectivity index (χ1) is 9.24. The number of non-ortho nitro benzene ring substituents is 1. The summed E-state index contributed by atoms with van der Waals surface area (Å²) in [5.74, 6) is 1.23. The molecule has 98 valence electrons. The Bertz CT molecular complexity index is 628. The number of nitro groups is 1. The largest absolute Gasteiger partial charge is 0.489 e. The molecular weight excluding hydrogens is 264 g/mol. The molecule has 0 bridgehead atoms. The van der Waals surface area contributed by atoms with Crippen LogP contribution in [0.5, 0.6) is 5.75 Å². The van der Waals surface area contributed by atoms with Gasteiger partial charge in [-0.05, 0) is 18.2 Å². The third kappa shape index (κ3) is 3.03. The predicted octanol–water partition coefficient (Wildman–Crippen LogP) is 3.01. The van der Waals surface area contributed by atoms with Gasteiger partial charge in [0.25, 0.3) is 5.69 Å². The molecule has 2 rings (SSSR count). The monoisotopic (exact) mass is 276 g/mol. The maximum absolute atomic E-state index is 10.9. The molecule has 0 aliphatic heterocycles. The Balaban J connectivity index is 2.38. The zero-order valence-corrected chi connectivity index (χ0v) is 10.9.